The highest BCUT2D eigenvalue weighted by Gasteiger charge is 2.19. The standard InChI is InChI=1S/C9H19NO3S/c1-8(2)14(11,12)10-7-9-5-3-4-6-13-9/h8-10H,3-7H2,1-2H3. The fourth-order valence-corrected chi connectivity index (χ4v) is 2.10. The zero-order chi connectivity index (χ0) is 10.6. The van der Waals surface area contributed by atoms with Gasteiger partial charge >= 0.3 is 0 Å². The van der Waals surface area contributed by atoms with Crippen LogP contribution in [0, 0.1) is 0 Å². The minimum absolute atomic E-state index is 0.0669. The van der Waals surface area contributed by atoms with Gasteiger partial charge in [-0.15, -0.1) is 0 Å². The molecule has 0 aliphatic carbocycles. The first kappa shape index (κ1) is 11.9. The summed E-state index contributed by atoms with van der Waals surface area (Å²) in [5.74, 6) is 0. The van der Waals surface area contributed by atoms with E-state index in [1.165, 1.54) is 0 Å². The lowest BCUT2D eigenvalue weighted by Gasteiger charge is -2.23. The number of hydrogen-bond acceptors (Lipinski definition) is 3. The Morgan fingerprint density at radius 2 is 2.14 bits per heavy atom. The molecule has 0 radical (unpaired) electrons. The Balaban J connectivity index is 2.32. The topological polar surface area (TPSA) is 55.4 Å². The van der Waals surface area contributed by atoms with Crippen molar-refractivity contribution in [2.75, 3.05) is 13.2 Å². The van der Waals surface area contributed by atoms with E-state index in [1.807, 2.05) is 0 Å². The number of hydrogen-bond donors (Lipinski definition) is 1. The van der Waals surface area contributed by atoms with Crippen LogP contribution in [0.25, 0.3) is 0 Å². The summed E-state index contributed by atoms with van der Waals surface area (Å²) in [7, 11) is -3.13. The monoisotopic (exact) mass is 221 g/mol. The molecule has 14 heavy (non-hydrogen) atoms. The van der Waals surface area contributed by atoms with Crippen LogP contribution in [-0.2, 0) is 14.8 Å². The first-order chi connectivity index (χ1) is 6.52. The van der Waals surface area contributed by atoms with Crippen molar-refractivity contribution in [2.24, 2.45) is 0 Å². The number of nitrogens with one attached hydrogen (secondary N) is 1. The van der Waals surface area contributed by atoms with Crippen LogP contribution < -0.4 is 4.72 Å². The van der Waals surface area contributed by atoms with Gasteiger partial charge in [-0.3, -0.25) is 0 Å². The third-order valence-corrected chi connectivity index (χ3v) is 4.22. The molecule has 1 unspecified atom stereocenters. The highest BCUT2D eigenvalue weighted by Crippen LogP contribution is 2.12. The summed E-state index contributed by atoms with van der Waals surface area (Å²) >= 11 is 0. The van der Waals surface area contributed by atoms with Crippen LogP contribution in [0.5, 0.6) is 0 Å². The van der Waals surface area contributed by atoms with Crippen molar-refractivity contribution in [1.29, 1.82) is 0 Å². The van der Waals surface area contributed by atoms with Crippen molar-refractivity contribution in [2.45, 2.75) is 44.5 Å². The molecule has 0 bridgehead atoms. The summed E-state index contributed by atoms with van der Waals surface area (Å²) in [6.45, 7) is 4.52. The highest BCUT2D eigenvalue weighted by atomic mass is 32.2. The first-order valence-electron chi connectivity index (χ1n) is 5.12. The third kappa shape index (κ3) is 3.55. The van der Waals surface area contributed by atoms with Gasteiger partial charge in [0.2, 0.25) is 10.0 Å². The molecule has 4 nitrogen and oxygen atoms in total. The lowest BCUT2D eigenvalue weighted by Crippen LogP contribution is -2.38. The van der Waals surface area contributed by atoms with Crippen LogP contribution in [0.1, 0.15) is 33.1 Å². The van der Waals surface area contributed by atoms with Gasteiger partial charge in [-0.1, -0.05) is 0 Å². The Hall–Kier alpha value is -0.130. The molecule has 1 rings (SSSR count). The zero-order valence-corrected chi connectivity index (χ0v) is 9.64. The van der Waals surface area contributed by atoms with E-state index in [1.54, 1.807) is 13.8 Å². The van der Waals surface area contributed by atoms with Crippen LogP contribution in [0.4, 0.5) is 0 Å². The number of ether oxygens (including phenoxy) is 1. The Morgan fingerprint density at radius 3 is 2.64 bits per heavy atom. The average Bonchev–Trinajstić information content (AvgIpc) is 2.16. The van der Waals surface area contributed by atoms with Crippen LogP contribution in [0.2, 0.25) is 0 Å². The van der Waals surface area contributed by atoms with E-state index in [4.69, 9.17) is 4.74 Å². The van der Waals surface area contributed by atoms with E-state index in [2.05, 4.69) is 4.72 Å². The Labute approximate surface area is 86.1 Å². The second-order valence-corrected chi connectivity index (χ2v) is 6.25. The molecule has 0 saturated carbocycles. The van der Waals surface area contributed by atoms with Gasteiger partial charge in [0.1, 0.15) is 0 Å². The third-order valence-electron chi connectivity index (χ3n) is 2.41. The maximum Gasteiger partial charge on any atom is 0.214 e. The van der Waals surface area contributed by atoms with Crippen LogP contribution in [0.15, 0.2) is 0 Å². The van der Waals surface area contributed by atoms with E-state index >= 15 is 0 Å². The molecule has 0 aromatic rings. The average molecular weight is 221 g/mol. The van der Waals surface area contributed by atoms with Crippen molar-refractivity contribution in [1.82, 2.24) is 4.72 Å². The largest absolute Gasteiger partial charge is 0.377 e. The summed E-state index contributed by atoms with van der Waals surface area (Å²) < 4.78 is 30.8. The Bertz CT molecular complexity index is 255. The SMILES string of the molecule is CC(C)S(=O)(=O)NCC1CCCCO1. The molecule has 1 atom stereocenters. The minimum Gasteiger partial charge on any atom is -0.377 e. The van der Waals surface area contributed by atoms with Gasteiger partial charge < -0.3 is 4.74 Å². The van der Waals surface area contributed by atoms with Gasteiger partial charge in [0.15, 0.2) is 0 Å². The quantitative estimate of drug-likeness (QED) is 0.767. The second kappa shape index (κ2) is 5.09. The van der Waals surface area contributed by atoms with Crippen molar-refractivity contribution in [3.8, 4) is 0 Å². The fraction of sp³-hybridized carbons (Fsp3) is 1.00. The summed E-state index contributed by atoms with van der Waals surface area (Å²) in [6.07, 6.45) is 3.25. The normalized spacial score (nSPS) is 24.1. The molecule has 0 amide bonds. The van der Waals surface area contributed by atoms with Crippen LogP contribution >= 0.6 is 0 Å². The molecule has 1 N–H and O–H groups in total. The zero-order valence-electron chi connectivity index (χ0n) is 8.82. The fourth-order valence-electron chi connectivity index (χ4n) is 1.34. The molecule has 0 aromatic heterocycles. The second-order valence-electron chi connectivity index (χ2n) is 3.93. The van der Waals surface area contributed by atoms with Gasteiger partial charge in [0, 0.05) is 13.2 Å². The Morgan fingerprint density at radius 1 is 1.43 bits per heavy atom. The summed E-state index contributed by atoms with van der Waals surface area (Å²) in [5, 5.41) is -0.369. The molecular formula is C9H19NO3S. The van der Waals surface area contributed by atoms with Crippen molar-refractivity contribution in [3.63, 3.8) is 0 Å². The van der Waals surface area contributed by atoms with E-state index in [9.17, 15) is 8.42 Å². The van der Waals surface area contributed by atoms with Crippen LogP contribution in [0.3, 0.4) is 0 Å². The van der Waals surface area contributed by atoms with Gasteiger partial charge in [-0.2, -0.15) is 0 Å². The smallest absolute Gasteiger partial charge is 0.214 e. The highest BCUT2D eigenvalue weighted by molar-refractivity contribution is 7.90. The molecule has 1 fully saturated rings. The van der Waals surface area contributed by atoms with Crippen molar-refractivity contribution >= 4 is 10.0 Å². The predicted octanol–water partition coefficient (Wildman–Crippen LogP) is 0.883. The first-order valence-corrected chi connectivity index (χ1v) is 6.67. The van der Waals surface area contributed by atoms with E-state index in [-0.39, 0.29) is 11.4 Å². The number of sulfonamides is 1. The molecule has 1 heterocycles. The molecule has 1 aliphatic rings. The molecule has 0 spiro atoms. The Kier molecular flexibility index (Phi) is 4.34. The van der Waals surface area contributed by atoms with E-state index < -0.39 is 10.0 Å². The molecular weight excluding hydrogens is 202 g/mol. The van der Waals surface area contributed by atoms with Gasteiger partial charge in [0.05, 0.1) is 11.4 Å². The molecule has 1 aliphatic heterocycles. The maximum atomic E-state index is 11.4. The van der Waals surface area contributed by atoms with Crippen molar-refractivity contribution < 1.29 is 13.2 Å². The maximum absolute atomic E-state index is 11.4. The van der Waals surface area contributed by atoms with Crippen LogP contribution in [-0.4, -0.2) is 32.9 Å². The van der Waals surface area contributed by atoms with Crippen molar-refractivity contribution in [3.05, 3.63) is 0 Å². The summed E-state index contributed by atoms with van der Waals surface area (Å²) in [6, 6.07) is 0. The van der Waals surface area contributed by atoms with Gasteiger partial charge in [-0.25, -0.2) is 13.1 Å². The predicted molar refractivity (Wildman–Crippen MR) is 55.6 cm³/mol. The molecule has 1 saturated heterocycles. The minimum atomic E-state index is -3.13. The van der Waals surface area contributed by atoms with E-state index in [0.29, 0.717) is 6.54 Å². The molecule has 5 heteroatoms. The summed E-state index contributed by atoms with van der Waals surface area (Å²) in [4.78, 5) is 0. The van der Waals surface area contributed by atoms with Gasteiger partial charge in [0.25, 0.3) is 0 Å². The number of rotatable bonds is 4. The van der Waals surface area contributed by atoms with Gasteiger partial charge in [-0.05, 0) is 33.1 Å². The summed E-state index contributed by atoms with van der Waals surface area (Å²) in [5.41, 5.74) is 0. The lowest BCUT2D eigenvalue weighted by molar-refractivity contribution is 0.0200. The lowest BCUT2D eigenvalue weighted by atomic mass is 10.1. The van der Waals surface area contributed by atoms with E-state index in [0.717, 1.165) is 25.9 Å². The molecule has 0 aromatic carbocycles. The molecule has 84 valence electrons.